The third-order valence-corrected chi connectivity index (χ3v) is 10.2. The fraction of sp³-hybridized carbons (Fsp3) is 0.744. The van der Waals surface area contributed by atoms with Crippen LogP contribution in [0.3, 0.4) is 0 Å². The van der Waals surface area contributed by atoms with Crippen LogP contribution >= 0.6 is 22.6 Å². The van der Waals surface area contributed by atoms with Gasteiger partial charge in [-0.2, -0.15) is 0 Å². The molecular weight excluding hydrogens is 925 g/mol. The van der Waals surface area contributed by atoms with Crippen molar-refractivity contribution in [2.45, 2.75) is 70.3 Å². The van der Waals surface area contributed by atoms with E-state index in [9.17, 15) is 24.0 Å². The van der Waals surface area contributed by atoms with Crippen molar-refractivity contribution in [3.05, 3.63) is 29.3 Å². The number of carbonyl (C=O) groups is 5. The first-order valence-electron chi connectivity index (χ1n) is 21.9. The van der Waals surface area contributed by atoms with Crippen molar-refractivity contribution in [1.82, 2.24) is 10.2 Å². The molecule has 1 aromatic rings. The summed E-state index contributed by atoms with van der Waals surface area (Å²) in [5.41, 5.74) is 0.385. The topological polar surface area (TPSA) is 205 Å². The van der Waals surface area contributed by atoms with Crippen molar-refractivity contribution in [1.29, 1.82) is 0 Å². The van der Waals surface area contributed by atoms with Gasteiger partial charge in [-0.25, -0.2) is 0 Å². The summed E-state index contributed by atoms with van der Waals surface area (Å²) in [6, 6.07) is 3.53. The number of benzene rings is 1. The predicted molar refractivity (Wildman–Crippen MR) is 236 cm³/mol. The maximum atomic E-state index is 13.2. The summed E-state index contributed by atoms with van der Waals surface area (Å²) in [4.78, 5) is 63.6. The van der Waals surface area contributed by atoms with Gasteiger partial charge in [0.2, 0.25) is 17.7 Å². The first-order valence-corrected chi connectivity index (χ1v) is 23.4. The highest BCUT2D eigenvalue weighted by atomic mass is 127. The molecule has 2 aliphatic heterocycles. The van der Waals surface area contributed by atoms with Crippen molar-refractivity contribution in [2.24, 2.45) is 0 Å². The van der Waals surface area contributed by atoms with E-state index in [2.05, 4.69) is 33.2 Å². The molecule has 3 rings (SSSR count). The number of hydrogen-bond donors (Lipinski definition) is 2. The molecule has 5 amide bonds. The van der Waals surface area contributed by atoms with Crippen LogP contribution in [-0.2, 0) is 61.8 Å². The number of unbranched alkanes of at least 4 members (excludes halogenated alkanes) is 5. The number of halogens is 1. The Morgan fingerprint density at radius 3 is 1.42 bits per heavy atom. The third kappa shape index (κ3) is 23.3. The van der Waals surface area contributed by atoms with Crippen LogP contribution in [0, 0.1) is 0 Å². The van der Waals surface area contributed by atoms with E-state index in [4.69, 9.17) is 47.4 Å². The first-order chi connectivity index (χ1) is 30.4. The van der Waals surface area contributed by atoms with Gasteiger partial charge >= 0.3 is 0 Å². The average Bonchev–Trinajstić information content (AvgIpc) is 3.52. The van der Waals surface area contributed by atoms with Gasteiger partial charge < -0.3 is 52.7 Å². The van der Waals surface area contributed by atoms with Gasteiger partial charge in [-0.1, -0.05) is 47.9 Å². The van der Waals surface area contributed by atoms with Crippen LogP contribution in [0.25, 0.3) is 0 Å². The molecule has 2 aliphatic rings. The second kappa shape index (κ2) is 35.6. The van der Waals surface area contributed by atoms with Gasteiger partial charge in [-0.3, -0.25) is 34.2 Å². The second-order valence-corrected chi connectivity index (χ2v) is 15.3. The number of imide groups is 2. The smallest absolute Gasteiger partial charge is 0.264 e. The van der Waals surface area contributed by atoms with Crippen LogP contribution in [0.1, 0.15) is 84.9 Å². The lowest BCUT2D eigenvalue weighted by Gasteiger charge is -2.27. The zero-order valence-electron chi connectivity index (χ0n) is 36.2. The van der Waals surface area contributed by atoms with E-state index in [1.165, 1.54) is 29.8 Å². The summed E-state index contributed by atoms with van der Waals surface area (Å²) < 4.78 is 56.5. The lowest BCUT2D eigenvalue weighted by molar-refractivity contribution is -0.136. The van der Waals surface area contributed by atoms with Gasteiger partial charge in [0, 0.05) is 26.1 Å². The molecule has 0 saturated carbocycles. The van der Waals surface area contributed by atoms with E-state index >= 15 is 0 Å². The number of piperidine rings is 1. The van der Waals surface area contributed by atoms with Gasteiger partial charge in [0.15, 0.2) is 0 Å². The Bertz CT molecular complexity index is 1420. The number of nitrogens with one attached hydrogen (secondary N) is 2. The number of amides is 5. The van der Waals surface area contributed by atoms with E-state index < -0.39 is 29.7 Å². The maximum Gasteiger partial charge on any atom is 0.264 e. The van der Waals surface area contributed by atoms with Crippen LogP contribution in [0.5, 0.6) is 0 Å². The Hall–Kier alpha value is -2.70. The second-order valence-electron chi connectivity index (χ2n) is 14.3. The maximum absolute atomic E-state index is 13.2. The third-order valence-electron chi connectivity index (χ3n) is 9.46. The summed E-state index contributed by atoms with van der Waals surface area (Å²) in [7, 11) is 0. The number of nitrogens with zero attached hydrogens (tertiary/aromatic N) is 1. The van der Waals surface area contributed by atoms with Gasteiger partial charge in [0.25, 0.3) is 11.8 Å². The molecule has 1 aromatic carbocycles. The molecule has 0 aliphatic carbocycles. The Balaban J connectivity index is 0.989. The molecule has 1 saturated heterocycles. The van der Waals surface area contributed by atoms with Crippen LogP contribution in [-0.4, -0.2) is 177 Å². The quantitative estimate of drug-likeness (QED) is 0.0415. The standard InChI is InChI=1S/C43H68IN3O15/c44-14-5-1-2-6-15-53-17-19-55-21-23-57-25-27-59-29-31-61-33-34-62-32-30-60-28-26-58-24-22-56-20-18-54-16-7-3-4-11-38(48)45-36-10-8-9-35-40(36)43(52)47(42(35)51)37-12-13-39(49)46-41(37)50/h8-10,37H,1-7,11-34H2,(H,45,48)(H,46,49,50). The molecule has 1 unspecified atom stereocenters. The molecule has 19 heteroatoms. The number of hydrogen-bond acceptors (Lipinski definition) is 15. The Labute approximate surface area is 379 Å². The van der Waals surface area contributed by atoms with Crippen LogP contribution < -0.4 is 10.6 Å². The minimum absolute atomic E-state index is 0.0288. The fourth-order valence-electron chi connectivity index (χ4n) is 6.23. The monoisotopic (exact) mass is 993 g/mol. The minimum Gasteiger partial charge on any atom is -0.379 e. The Morgan fingerprint density at radius 2 is 0.984 bits per heavy atom. The number of fused-ring (bicyclic) bond motifs is 1. The number of carbonyl (C=O) groups excluding carboxylic acids is 5. The average molecular weight is 994 g/mol. The lowest BCUT2D eigenvalue weighted by Crippen LogP contribution is -2.54. The lowest BCUT2D eigenvalue weighted by atomic mass is 10.0. The summed E-state index contributed by atoms with van der Waals surface area (Å²) in [6.07, 6.45) is 7.38. The fourth-order valence-corrected chi connectivity index (χ4v) is 6.77. The van der Waals surface area contributed by atoms with Gasteiger partial charge in [-0.15, -0.1) is 0 Å². The van der Waals surface area contributed by atoms with Gasteiger partial charge in [0.05, 0.1) is 136 Å². The molecule has 1 fully saturated rings. The number of ether oxygens (including phenoxy) is 10. The van der Waals surface area contributed by atoms with Crippen molar-refractivity contribution in [3.8, 4) is 0 Å². The van der Waals surface area contributed by atoms with E-state index in [1.807, 2.05) is 0 Å². The van der Waals surface area contributed by atoms with Crippen LogP contribution in [0.2, 0.25) is 0 Å². The van der Waals surface area contributed by atoms with Gasteiger partial charge in [0.1, 0.15) is 6.04 Å². The zero-order valence-corrected chi connectivity index (χ0v) is 38.3. The Kier molecular flexibility index (Phi) is 30.8. The van der Waals surface area contributed by atoms with Crippen molar-refractivity contribution < 1.29 is 71.3 Å². The molecule has 1 atom stereocenters. The highest BCUT2D eigenvalue weighted by Gasteiger charge is 2.45. The molecule has 2 N–H and O–H groups in total. The number of alkyl halides is 1. The van der Waals surface area contributed by atoms with Crippen LogP contribution in [0.4, 0.5) is 5.69 Å². The molecule has 62 heavy (non-hydrogen) atoms. The van der Waals surface area contributed by atoms with E-state index in [0.29, 0.717) is 132 Å². The SMILES string of the molecule is O=C1CCC(N2C(=O)c3cccc(NC(=O)CCCCCOCCOCCOCCOCCOCCOCCOCCOCCOCCOCCCCCCI)c3C2=O)C(=O)N1. The van der Waals surface area contributed by atoms with E-state index in [0.717, 1.165) is 30.8 Å². The normalized spacial score (nSPS) is 15.1. The van der Waals surface area contributed by atoms with Crippen molar-refractivity contribution in [3.63, 3.8) is 0 Å². The molecule has 0 aromatic heterocycles. The largest absolute Gasteiger partial charge is 0.379 e. The number of anilines is 1. The molecule has 18 nitrogen and oxygen atoms in total. The highest BCUT2D eigenvalue weighted by Crippen LogP contribution is 2.32. The molecule has 0 bridgehead atoms. The highest BCUT2D eigenvalue weighted by molar-refractivity contribution is 14.1. The van der Waals surface area contributed by atoms with E-state index in [1.54, 1.807) is 12.1 Å². The summed E-state index contributed by atoms with van der Waals surface area (Å²) >= 11 is 2.41. The van der Waals surface area contributed by atoms with Crippen LogP contribution in [0.15, 0.2) is 18.2 Å². The van der Waals surface area contributed by atoms with Crippen molar-refractivity contribution >= 4 is 57.8 Å². The summed E-state index contributed by atoms with van der Waals surface area (Å²) in [5.74, 6) is -2.71. The molecule has 0 spiro atoms. The van der Waals surface area contributed by atoms with E-state index in [-0.39, 0.29) is 42.0 Å². The summed E-state index contributed by atoms with van der Waals surface area (Å²) in [5, 5.41) is 4.91. The minimum atomic E-state index is -1.07. The molecule has 2 heterocycles. The molecule has 0 radical (unpaired) electrons. The predicted octanol–water partition coefficient (Wildman–Crippen LogP) is 3.75. The zero-order chi connectivity index (χ0) is 44.3. The molecule has 352 valence electrons. The van der Waals surface area contributed by atoms with Gasteiger partial charge in [-0.05, 0) is 48.7 Å². The summed E-state index contributed by atoms with van der Waals surface area (Å²) in [6.45, 7) is 10.3. The first kappa shape index (κ1) is 53.6. The molecular formula is C43H68IN3O15. The van der Waals surface area contributed by atoms with Crippen molar-refractivity contribution in [2.75, 3.05) is 142 Å². The Morgan fingerprint density at radius 1 is 0.565 bits per heavy atom. The number of rotatable bonds is 41.